The molecule has 0 bridgehead atoms. The molecule has 0 aliphatic carbocycles. The van der Waals surface area contributed by atoms with Crippen molar-refractivity contribution in [3.05, 3.63) is 48.6 Å². The van der Waals surface area contributed by atoms with Crippen molar-refractivity contribution < 1.29 is 24.2 Å². The number of carbonyl (C=O) groups excluding carboxylic acids is 2. The molecule has 0 aromatic heterocycles. The fourth-order valence-corrected chi connectivity index (χ4v) is 5.01. The van der Waals surface area contributed by atoms with Crippen molar-refractivity contribution in [3.8, 4) is 0 Å². The van der Waals surface area contributed by atoms with Gasteiger partial charge in [0.25, 0.3) is 0 Å². The highest BCUT2D eigenvalue weighted by molar-refractivity contribution is 5.70. The van der Waals surface area contributed by atoms with Crippen LogP contribution in [-0.2, 0) is 19.1 Å². The summed E-state index contributed by atoms with van der Waals surface area (Å²) in [5.74, 6) is -0.689. The molecule has 5 heteroatoms. The summed E-state index contributed by atoms with van der Waals surface area (Å²) in [7, 11) is 0. The summed E-state index contributed by atoms with van der Waals surface area (Å²) in [5, 5.41) is 9.52. The maximum absolute atomic E-state index is 12.1. The van der Waals surface area contributed by atoms with E-state index in [-0.39, 0.29) is 31.6 Å². The van der Waals surface area contributed by atoms with E-state index in [0.717, 1.165) is 51.4 Å². The summed E-state index contributed by atoms with van der Waals surface area (Å²) < 4.78 is 10.5. The normalized spacial score (nSPS) is 12.7. The van der Waals surface area contributed by atoms with Gasteiger partial charge >= 0.3 is 11.9 Å². The third kappa shape index (κ3) is 34.6. The topological polar surface area (TPSA) is 72.8 Å². The average molecular weight is 631 g/mol. The van der Waals surface area contributed by atoms with Crippen molar-refractivity contribution in [2.75, 3.05) is 13.2 Å². The van der Waals surface area contributed by atoms with Crippen molar-refractivity contribution in [3.63, 3.8) is 0 Å². The Morgan fingerprint density at radius 2 is 1.00 bits per heavy atom. The number of esters is 2. The summed E-state index contributed by atoms with van der Waals surface area (Å²) >= 11 is 0. The molecule has 0 saturated carbocycles. The van der Waals surface area contributed by atoms with Crippen LogP contribution in [0.3, 0.4) is 0 Å². The molecule has 0 fully saturated rings. The molecule has 0 aromatic rings. The van der Waals surface area contributed by atoms with Gasteiger partial charge in [0.1, 0.15) is 6.61 Å². The Hall–Kier alpha value is -2.14. The zero-order chi connectivity index (χ0) is 32.9. The minimum Gasteiger partial charge on any atom is -0.462 e. The number of unbranched alkanes of at least 4 members (excludes halogenated alkanes) is 18. The van der Waals surface area contributed by atoms with Crippen LogP contribution in [0.25, 0.3) is 0 Å². The van der Waals surface area contributed by atoms with Crippen molar-refractivity contribution in [2.24, 2.45) is 0 Å². The SMILES string of the molecule is CCCCCCCC/C=C/C/C=C/CCC(=O)OCC(CO)OC(=O)CCCCCCC/C=C/C=C/CCCCCCCCC. The Kier molecular flexibility index (Phi) is 34.6. The molecule has 1 atom stereocenters. The van der Waals surface area contributed by atoms with E-state index < -0.39 is 6.10 Å². The Labute approximate surface area is 278 Å². The second-order valence-corrected chi connectivity index (χ2v) is 12.3. The van der Waals surface area contributed by atoms with E-state index in [4.69, 9.17) is 9.47 Å². The van der Waals surface area contributed by atoms with Crippen molar-refractivity contribution in [2.45, 2.75) is 180 Å². The first-order chi connectivity index (χ1) is 22.1. The summed E-state index contributed by atoms with van der Waals surface area (Å²) in [4.78, 5) is 24.1. The first kappa shape index (κ1) is 42.9. The Morgan fingerprint density at radius 3 is 1.53 bits per heavy atom. The molecular weight excluding hydrogens is 560 g/mol. The Morgan fingerprint density at radius 1 is 0.533 bits per heavy atom. The lowest BCUT2D eigenvalue weighted by Crippen LogP contribution is -2.28. The highest BCUT2D eigenvalue weighted by atomic mass is 16.6. The fourth-order valence-electron chi connectivity index (χ4n) is 5.01. The van der Waals surface area contributed by atoms with Crippen LogP contribution in [0.1, 0.15) is 174 Å². The van der Waals surface area contributed by atoms with Gasteiger partial charge in [0.2, 0.25) is 0 Å². The minimum absolute atomic E-state index is 0.103. The number of hydrogen-bond acceptors (Lipinski definition) is 5. The van der Waals surface area contributed by atoms with E-state index in [0.29, 0.717) is 12.8 Å². The second-order valence-electron chi connectivity index (χ2n) is 12.3. The first-order valence-electron chi connectivity index (χ1n) is 18.7. The van der Waals surface area contributed by atoms with Gasteiger partial charge in [-0.3, -0.25) is 9.59 Å². The van der Waals surface area contributed by atoms with E-state index >= 15 is 0 Å². The molecule has 0 amide bonds. The van der Waals surface area contributed by atoms with E-state index in [9.17, 15) is 14.7 Å². The zero-order valence-corrected chi connectivity index (χ0v) is 29.4. The van der Waals surface area contributed by atoms with Crippen LogP contribution in [0.15, 0.2) is 48.6 Å². The molecule has 5 nitrogen and oxygen atoms in total. The highest BCUT2D eigenvalue weighted by Gasteiger charge is 2.15. The van der Waals surface area contributed by atoms with Gasteiger partial charge in [0.15, 0.2) is 6.10 Å². The van der Waals surface area contributed by atoms with Gasteiger partial charge in [0, 0.05) is 12.8 Å². The van der Waals surface area contributed by atoms with Gasteiger partial charge in [-0.05, 0) is 57.8 Å². The molecule has 0 radical (unpaired) electrons. The number of aliphatic hydroxyl groups excluding tert-OH is 1. The van der Waals surface area contributed by atoms with E-state index in [1.54, 1.807) is 0 Å². The fraction of sp³-hybridized carbons (Fsp3) is 0.750. The monoisotopic (exact) mass is 631 g/mol. The lowest BCUT2D eigenvalue weighted by Gasteiger charge is -2.15. The van der Waals surface area contributed by atoms with Crippen LogP contribution in [0.2, 0.25) is 0 Å². The minimum atomic E-state index is -0.801. The van der Waals surface area contributed by atoms with Gasteiger partial charge in [-0.2, -0.15) is 0 Å². The molecule has 45 heavy (non-hydrogen) atoms. The Bertz CT molecular complexity index is 767. The van der Waals surface area contributed by atoms with Crippen LogP contribution in [0.5, 0.6) is 0 Å². The maximum Gasteiger partial charge on any atom is 0.306 e. The summed E-state index contributed by atoms with van der Waals surface area (Å²) in [5.41, 5.74) is 0. The number of ether oxygens (including phenoxy) is 2. The second kappa shape index (κ2) is 36.3. The number of aliphatic hydroxyl groups is 1. The average Bonchev–Trinajstić information content (AvgIpc) is 3.04. The van der Waals surface area contributed by atoms with Gasteiger partial charge in [-0.25, -0.2) is 0 Å². The van der Waals surface area contributed by atoms with Crippen LogP contribution in [0, 0.1) is 0 Å². The number of carbonyl (C=O) groups is 2. The van der Waals surface area contributed by atoms with Crippen LogP contribution >= 0.6 is 0 Å². The van der Waals surface area contributed by atoms with Gasteiger partial charge < -0.3 is 14.6 Å². The van der Waals surface area contributed by atoms with Crippen molar-refractivity contribution >= 4 is 11.9 Å². The standard InChI is InChI=1S/C40H70O5/c1-3-5-7-9-11-13-15-17-18-19-20-21-23-25-27-29-31-33-35-40(43)45-38(36-41)37-44-39(42)34-32-30-28-26-24-22-16-14-12-10-8-6-4-2/h18-22,24,28,30,38,41H,3-17,23,25-27,29,31-37H2,1-2H3/b19-18+,21-20+,24-22+,30-28+. The lowest BCUT2D eigenvalue weighted by atomic mass is 10.1. The van der Waals surface area contributed by atoms with Crippen LogP contribution in [-0.4, -0.2) is 36.4 Å². The largest absolute Gasteiger partial charge is 0.462 e. The molecular formula is C40H70O5. The van der Waals surface area contributed by atoms with Crippen molar-refractivity contribution in [1.82, 2.24) is 0 Å². The van der Waals surface area contributed by atoms with Gasteiger partial charge in [0.05, 0.1) is 6.61 Å². The molecule has 0 aliphatic rings. The third-order valence-corrected chi connectivity index (χ3v) is 7.89. The molecule has 0 saturated heterocycles. The molecule has 0 rings (SSSR count). The summed E-state index contributed by atoms with van der Waals surface area (Å²) in [6.07, 6.45) is 44.6. The van der Waals surface area contributed by atoms with E-state index in [1.165, 1.54) is 89.9 Å². The molecule has 260 valence electrons. The number of rotatable bonds is 33. The highest BCUT2D eigenvalue weighted by Crippen LogP contribution is 2.11. The number of hydrogen-bond donors (Lipinski definition) is 1. The van der Waals surface area contributed by atoms with Crippen molar-refractivity contribution in [1.29, 1.82) is 0 Å². The van der Waals surface area contributed by atoms with Gasteiger partial charge in [-0.15, -0.1) is 0 Å². The molecule has 0 heterocycles. The zero-order valence-electron chi connectivity index (χ0n) is 29.4. The predicted octanol–water partition coefficient (Wildman–Crippen LogP) is 11.5. The molecule has 0 spiro atoms. The molecule has 1 N–H and O–H groups in total. The van der Waals surface area contributed by atoms with E-state index in [2.05, 4.69) is 56.4 Å². The van der Waals surface area contributed by atoms with Crippen LogP contribution in [0.4, 0.5) is 0 Å². The lowest BCUT2D eigenvalue weighted by molar-refractivity contribution is -0.161. The number of allylic oxidation sites excluding steroid dienone is 8. The molecule has 0 aliphatic heterocycles. The quantitative estimate of drug-likeness (QED) is 0.0338. The Balaban J connectivity index is 3.67. The summed E-state index contributed by atoms with van der Waals surface area (Å²) in [6.45, 7) is 4.05. The van der Waals surface area contributed by atoms with E-state index in [1.807, 2.05) is 6.08 Å². The predicted molar refractivity (Wildman–Crippen MR) is 191 cm³/mol. The first-order valence-corrected chi connectivity index (χ1v) is 18.7. The molecule has 1 unspecified atom stereocenters. The molecule has 0 aromatic carbocycles. The third-order valence-electron chi connectivity index (χ3n) is 7.89. The maximum atomic E-state index is 12.1. The van der Waals surface area contributed by atoms with Gasteiger partial charge in [-0.1, -0.05) is 152 Å². The smallest absolute Gasteiger partial charge is 0.306 e. The summed E-state index contributed by atoms with van der Waals surface area (Å²) in [6, 6.07) is 0. The van der Waals surface area contributed by atoms with Crippen LogP contribution < -0.4 is 0 Å².